The highest BCUT2D eigenvalue weighted by Gasteiger charge is 2.38. The van der Waals surface area contributed by atoms with Crippen molar-refractivity contribution in [1.29, 1.82) is 0 Å². The number of amides is 1. The number of piperidine rings is 1. The Morgan fingerprint density at radius 3 is 2.11 bits per heavy atom. The molecular weight excluding hydrogens is 346 g/mol. The molecule has 0 bridgehead atoms. The predicted molar refractivity (Wildman–Crippen MR) is 116 cm³/mol. The Morgan fingerprint density at radius 2 is 1.54 bits per heavy atom. The molecule has 1 fully saturated rings. The second-order valence-electron chi connectivity index (χ2n) is 9.38. The molecule has 150 valence electrons. The van der Waals surface area contributed by atoms with Crippen molar-refractivity contribution >= 4 is 5.91 Å². The molecule has 4 nitrogen and oxygen atoms in total. The average molecular weight is 380 g/mol. The van der Waals surface area contributed by atoms with Crippen molar-refractivity contribution in [2.24, 2.45) is 5.73 Å². The third kappa shape index (κ3) is 5.43. The van der Waals surface area contributed by atoms with Gasteiger partial charge in [-0.05, 0) is 63.6 Å². The van der Waals surface area contributed by atoms with E-state index < -0.39 is 6.04 Å². The summed E-state index contributed by atoms with van der Waals surface area (Å²) < 4.78 is 0. The van der Waals surface area contributed by atoms with Crippen LogP contribution < -0.4 is 16.4 Å². The van der Waals surface area contributed by atoms with Crippen LogP contribution in [0.3, 0.4) is 0 Å². The quantitative estimate of drug-likeness (QED) is 0.743. The summed E-state index contributed by atoms with van der Waals surface area (Å²) in [4.78, 5) is 12.7. The third-order valence-electron chi connectivity index (χ3n) is 5.39. The van der Waals surface area contributed by atoms with Crippen LogP contribution in [0.4, 0.5) is 0 Å². The highest BCUT2D eigenvalue weighted by molar-refractivity contribution is 5.82. The SMILES string of the molecule is CC1(C)CC(NC(=O)C(N)Cc2ccc(-c3ccccc3)cc2)CC(C)(C)N1. The van der Waals surface area contributed by atoms with E-state index in [-0.39, 0.29) is 23.0 Å². The lowest BCUT2D eigenvalue weighted by Gasteiger charge is -2.46. The smallest absolute Gasteiger partial charge is 0.237 e. The molecule has 4 N–H and O–H groups in total. The third-order valence-corrected chi connectivity index (χ3v) is 5.39. The molecule has 2 aromatic carbocycles. The molecule has 1 aliphatic heterocycles. The van der Waals surface area contributed by atoms with Gasteiger partial charge in [-0.2, -0.15) is 0 Å². The van der Waals surface area contributed by atoms with Crippen molar-refractivity contribution in [2.45, 2.75) is 70.1 Å². The number of rotatable bonds is 5. The van der Waals surface area contributed by atoms with Crippen molar-refractivity contribution in [1.82, 2.24) is 10.6 Å². The molecule has 28 heavy (non-hydrogen) atoms. The van der Waals surface area contributed by atoms with Crippen molar-refractivity contribution in [3.05, 3.63) is 60.2 Å². The van der Waals surface area contributed by atoms with E-state index >= 15 is 0 Å². The molecule has 1 aliphatic rings. The van der Waals surface area contributed by atoms with Crippen molar-refractivity contribution in [3.63, 3.8) is 0 Å². The molecule has 1 atom stereocenters. The summed E-state index contributed by atoms with van der Waals surface area (Å²) >= 11 is 0. The van der Waals surface area contributed by atoms with Gasteiger partial charge in [-0.25, -0.2) is 0 Å². The summed E-state index contributed by atoms with van der Waals surface area (Å²) in [6.07, 6.45) is 2.35. The highest BCUT2D eigenvalue weighted by atomic mass is 16.2. The Morgan fingerprint density at radius 1 is 1.00 bits per heavy atom. The highest BCUT2D eigenvalue weighted by Crippen LogP contribution is 2.28. The molecule has 1 unspecified atom stereocenters. The first-order valence-electron chi connectivity index (χ1n) is 10.1. The molecule has 1 amide bonds. The van der Waals surface area contributed by atoms with Gasteiger partial charge in [0.25, 0.3) is 0 Å². The molecule has 1 heterocycles. The monoisotopic (exact) mass is 379 g/mol. The lowest BCUT2D eigenvalue weighted by molar-refractivity contribution is -0.123. The molecule has 3 rings (SSSR count). The number of hydrogen-bond donors (Lipinski definition) is 3. The van der Waals surface area contributed by atoms with Crippen LogP contribution >= 0.6 is 0 Å². The molecule has 1 saturated heterocycles. The van der Waals surface area contributed by atoms with Crippen LogP contribution in [0.25, 0.3) is 11.1 Å². The Labute approximate surface area is 168 Å². The number of nitrogens with two attached hydrogens (primary N) is 1. The Hall–Kier alpha value is -2.17. The summed E-state index contributed by atoms with van der Waals surface area (Å²) in [5, 5.41) is 6.82. The normalized spacial score (nSPS) is 19.8. The van der Waals surface area contributed by atoms with E-state index in [2.05, 4.69) is 74.7 Å². The number of benzene rings is 2. The van der Waals surface area contributed by atoms with Gasteiger partial charge in [0.15, 0.2) is 0 Å². The fraction of sp³-hybridized carbons (Fsp3) is 0.458. The molecular formula is C24H33N3O. The molecule has 0 aromatic heterocycles. The van der Waals surface area contributed by atoms with E-state index in [9.17, 15) is 4.79 Å². The lowest BCUT2D eigenvalue weighted by atomic mass is 9.79. The van der Waals surface area contributed by atoms with Gasteiger partial charge in [-0.15, -0.1) is 0 Å². The van der Waals surface area contributed by atoms with Gasteiger partial charge in [-0.3, -0.25) is 4.79 Å². The van der Waals surface area contributed by atoms with E-state index in [1.807, 2.05) is 18.2 Å². The summed E-state index contributed by atoms with van der Waals surface area (Å²) in [6, 6.07) is 18.2. The summed E-state index contributed by atoms with van der Waals surface area (Å²) in [5.41, 5.74) is 9.65. The van der Waals surface area contributed by atoms with Gasteiger partial charge in [0.1, 0.15) is 0 Å². The van der Waals surface area contributed by atoms with Gasteiger partial charge in [0.2, 0.25) is 5.91 Å². The average Bonchev–Trinajstić information content (AvgIpc) is 2.60. The topological polar surface area (TPSA) is 67.2 Å². The maximum atomic E-state index is 12.7. The van der Waals surface area contributed by atoms with E-state index in [1.165, 1.54) is 11.1 Å². The first-order valence-corrected chi connectivity index (χ1v) is 10.1. The minimum absolute atomic E-state index is 0.00292. The van der Waals surface area contributed by atoms with Crippen LogP contribution in [-0.2, 0) is 11.2 Å². The van der Waals surface area contributed by atoms with E-state index in [0.717, 1.165) is 18.4 Å². The van der Waals surface area contributed by atoms with Gasteiger partial charge in [0.05, 0.1) is 6.04 Å². The zero-order chi connectivity index (χ0) is 20.4. The Kier molecular flexibility index (Phi) is 5.92. The molecule has 0 radical (unpaired) electrons. The number of hydrogen-bond acceptors (Lipinski definition) is 3. The van der Waals surface area contributed by atoms with E-state index in [4.69, 9.17) is 5.73 Å². The van der Waals surface area contributed by atoms with Crippen molar-refractivity contribution < 1.29 is 4.79 Å². The van der Waals surface area contributed by atoms with Crippen LogP contribution in [0, 0.1) is 0 Å². The second kappa shape index (κ2) is 8.06. The second-order valence-corrected chi connectivity index (χ2v) is 9.38. The minimum Gasteiger partial charge on any atom is -0.352 e. The van der Waals surface area contributed by atoms with Gasteiger partial charge in [-0.1, -0.05) is 54.6 Å². The fourth-order valence-corrected chi connectivity index (χ4v) is 4.54. The molecule has 0 aliphatic carbocycles. The summed E-state index contributed by atoms with van der Waals surface area (Å²) in [6.45, 7) is 8.73. The maximum absolute atomic E-state index is 12.7. The Bertz CT molecular complexity index is 780. The van der Waals surface area contributed by atoms with Crippen LogP contribution in [0.5, 0.6) is 0 Å². The van der Waals surface area contributed by atoms with Crippen LogP contribution in [-0.4, -0.2) is 29.1 Å². The van der Waals surface area contributed by atoms with E-state index in [1.54, 1.807) is 0 Å². The maximum Gasteiger partial charge on any atom is 0.237 e. The fourth-order valence-electron chi connectivity index (χ4n) is 4.54. The van der Waals surface area contributed by atoms with Crippen LogP contribution in [0.2, 0.25) is 0 Å². The van der Waals surface area contributed by atoms with Crippen LogP contribution in [0.1, 0.15) is 46.1 Å². The minimum atomic E-state index is -0.538. The number of carbonyl (C=O) groups excluding carboxylic acids is 1. The van der Waals surface area contributed by atoms with Crippen molar-refractivity contribution in [3.8, 4) is 11.1 Å². The molecule has 0 saturated carbocycles. The summed E-state index contributed by atoms with van der Waals surface area (Å²) in [7, 11) is 0. The Balaban J connectivity index is 1.58. The molecule has 2 aromatic rings. The molecule has 0 spiro atoms. The standard InChI is InChI=1S/C24H33N3O/c1-23(2)15-20(16-24(3,4)27-23)26-22(28)21(25)14-17-10-12-19(13-11-17)18-8-6-5-7-9-18/h5-13,20-21,27H,14-16,25H2,1-4H3,(H,26,28). The predicted octanol–water partition coefficient (Wildman–Crippen LogP) is 3.65. The zero-order valence-corrected chi connectivity index (χ0v) is 17.5. The van der Waals surface area contributed by atoms with Crippen LogP contribution in [0.15, 0.2) is 54.6 Å². The van der Waals surface area contributed by atoms with Crippen molar-refractivity contribution in [2.75, 3.05) is 0 Å². The molecule has 4 heteroatoms. The van der Waals surface area contributed by atoms with Gasteiger partial charge in [0, 0.05) is 17.1 Å². The lowest BCUT2D eigenvalue weighted by Crippen LogP contribution is -2.63. The van der Waals surface area contributed by atoms with Gasteiger partial charge >= 0.3 is 0 Å². The largest absolute Gasteiger partial charge is 0.352 e. The summed E-state index contributed by atoms with van der Waals surface area (Å²) in [5.74, 6) is -0.0642. The number of nitrogens with one attached hydrogen (secondary N) is 2. The van der Waals surface area contributed by atoms with Gasteiger partial charge < -0.3 is 16.4 Å². The first kappa shape index (κ1) is 20.6. The zero-order valence-electron chi connectivity index (χ0n) is 17.5. The number of carbonyl (C=O) groups is 1. The van der Waals surface area contributed by atoms with E-state index in [0.29, 0.717) is 6.42 Å². The first-order chi connectivity index (χ1) is 13.1.